The lowest BCUT2D eigenvalue weighted by Crippen LogP contribution is -2.48. The van der Waals surface area contributed by atoms with Gasteiger partial charge >= 0.3 is 0 Å². The summed E-state index contributed by atoms with van der Waals surface area (Å²) >= 11 is 0. The van der Waals surface area contributed by atoms with E-state index in [4.69, 9.17) is 4.74 Å². The Kier molecular flexibility index (Phi) is 11.7. The van der Waals surface area contributed by atoms with Gasteiger partial charge in [-0.05, 0) is 24.9 Å². The number of nitrogens with zero attached hydrogens (tertiary/aromatic N) is 2. The van der Waals surface area contributed by atoms with Crippen LogP contribution in [0.5, 0.6) is 0 Å². The number of guanidine groups is 1. The van der Waals surface area contributed by atoms with Gasteiger partial charge in [0, 0.05) is 33.8 Å². The van der Waals surface area contributed by atoms with Gasteiger partial charge in [0.1, 0.15) is 0 Å². The topological polar surface area (TPSA) is 48.9 Å². The highest BCUT2D eigenvalue weighted by Gasteiger charge is 2.25. The third-order valence-corrected chi connectivity index (χ3v) is 3.41. The van der Waals surface area contributed by atoms with Gasteiger partial charge in [0.2, 0.25) is 0 Å². The molecular formula is C16H37IN4O. The molecule has 0 aliphatic carbocycles. The summed E-state index contributed by atoms with van der Waals surface area (Å²) in [4.78, 5) is 6.49. The average Bonchev–Trinajstić information content (AvgIpc) is 2.30. The third-order valence-electron chi connectivity index (χ3n) is 3.41. The molecule has 0 aromatic rings. The van der Waals surface area contributed by atoms with Gasteiger partial charge in [-0.2, -0.15) is 0 Å². The second-order valence-corrected chi connectivity index (χ2v) is 7.80. The molecule has 0 saturated heterocycles. The van der Waals surface area contributed by atoms with Crippen LogP contribution in [0.1, 0.15) is 34.6 Å². The zero-order valence-electron chi connectivity index (χ0n) is 15.9. The molecule has 0 amide bonds. The molecule has 0 rings (SSSR count). The number of nitrogens with one attached hydrogen (secondary N) is 2. The predicted molar refractivity (Wildman–Crippen MR) is 107 cm³/mol. The van der Waals surface area contributed by atoms with E-state index in [0.717, 1.165) is 25.6 Å². The highest BCUT2D eigenvalue weighted by molar-refractivity contribution is 14.0. The molecule has 0 spiro atoms. The van der Waals surface area contributed by atoms with Gasteiger partial charge < -0.3 is 20.3 Å². The normalized spacial score (nSPS) is 14.5. The first-order valence-corrected chi connectivity index (χ1v) is 7.64. The van der Waals surface area contributed by atoms with Crippen LogP contribution in [0.15, 0.2) is 4.99 Å². The number of rotatable bonds is 7. The number of hydrogen-bond donors (Lipinski definition) is 2. The van der Waals surface area contributed by atoms with Crippen LogP contribution in [0, 0.1) is 10.8 Å². The first kappa shape index (κ1) is 24.2. The number of ether oxygens (including phenoxy) is 1. The first-order valence-electron chi connectivity index (χ1n) is 7.64. The monoisotopic (exact) mass is 428 g/mol. The molecule has 0 saturated carbocycles. The molecular weight excluding hydrogens is 391 g/mol. The molecule has 0 aromatic carbocycles. The number of methoxy groups -OCH3 is 1. The summed E-state index contributed by atoms with van der Waals surface area (Å²) in [6.45, 7) is 13.7. The Labute approximate surface area is 154 Å². The number of hydrogen-bond acceptors (Lipinski definition) is 3. The largest absolute Gasteiger partial charge is 0.379 e. The first-order chi connectivity index (χ1) is 9.51. The van der Waals surface area contributed by atoms with Crippen molar-refractivity contribution in [3.8, 4) is 0 Å². The van der Waals surface area contributed by atoms with Gasteiger partial charge in [-0.15, -0.1) is 24.0 Å². The third kappa shape index (κ3) is 10.6. The lowest BCUT2D eigenvalue weighted by molar-refractivity contribution is 0.0205. The zero-order valence-corrected chi connectivity index (χ0v) is 18.2. The lowest BCUT2D eigenvalue weighted by atomic mass is 9.89. The van der Waals surface area contributed by atoms with Crippen LogP contribution >= 0.6 is 24.0 Å². The molecule has 5 nitrogen and oxygen atoms in total. The van der Waals surface area contributed by atoms with Gasteiger partial charge in [0.25, 0.3) is 0 Å². The minimum absolute atomic E-state index is 0. The maximum atomic E-state index is 5.56. The second-order valence-electron chi connectivity index (χ2n) is 7.80. The van der Waals surface area contributed by atoms with E-state index < -0.39 is 0 Å². The average molecular weight is 428 g/mol. The highest BCUT2D eigenvalue weighted by Crippen LogP contribution is 2.21. The van der Waals surface area contributed by atoms with E-state index in [0.29, 0.717) is 0 Å². The molecule has 6 heteroatoms. The Morgan fingerprint density at radius 3 is 2.05 bits per heavy atom. The van der Waals surface area contributed by atoms with Crippen LogP contribution in [0.4, 0.5) is 0 Å². The molecule has 0 aliphatic heterocycles. The van der Waals surface area contributed by atoms with Crippen molar-refractivity contribution >= 4 is 29.9 Å². The standard InChI is InChI=1S/C16H36N4O.HI/c1-15(2,3)13(21-9)10-18-14(17-6)19-11-16(4,5)12-20(7)8;/h13H,10-12H2,1-9H3,(H2,17,18,19);1H. The van der Waals surface area contributed by atoms with Crippen LogP contribution in [-0.2, 0) is 4.74 Å². The van der Waals surface area contributed by atoms with E-state index in [2.05, 4.69) is 69.2 Å². The minimum Gasteiger partial charge on any atom is -0.379 e. The smallest absolute Gasteiger partial charge is 0.191 e. The summed E-state index contributed by atoms with van der Waals surface area (Å²) in [5.41, 5.74) is 0.288. The molecule has 1 unspecified atom stereocenters. The summed E-state index contributed by atoms with van der Waals surface area (Å²) < 4.78 is 5.56. The zero-order chi connectivity index (χ0) is 16.7. The summed E-state index contributed by atoms with van der Waals surface area (Å²) in [5.74, 6) is 0.827. The van der Waals surface area contributed by atoms with Crippen LogP contribution in [0.25, 0.3) is 0 Å². The summed E-state index contributed by atoms with van der Waals surface area (Å²) in [6, 6.07) is 0. The molecule has 134 valence electrons. The van der Waals surface area contributed by atoms with Crippen molar-refractivity contribution in [1.29, 1.82) is 0 Å². The van der Waals surface area contributed by atoms with E-state index >= 15 is 0 Å². The predicted octanol–water partition coefficient (Wildman–Crippen LogP) is 2.42. The molecule has 2 N–H and O–H groups in total. The lowest BCUT2D eigenvalue weighted by Gasteiger charge is -2.31. The minimum atomic E-state index is 0. The van der Waals surface area contributed by atoms with Crippen LogP contribution in [-0.4, -0.2) is 64.9 Å². The van der Waals surface area contributed by atoms with E-state index in [1.165, 1.54) is 0 Å². The Hall–Kier alpha value is -0.0800. The van der Waals surface area contributed by atoms with Gasteiger partial charge in [-0.3, -0.25) is 4.99 Å². The van der Waals surface area contributed by atoms with Crippen molar-refractivity contribution in [3.63, 3.8) is 0 Å². The molecule has 1 atom stereocenters. The fraction of sp³-hybridized carbons (Fsp3) is 0.938. The van der Waals surface area contributed by atoms with Crippen molar-refractivity contribution in [1.82, 2.24) is 15.5 Å². The maximum absolute atomic E-state index is 5.56. The number of aliphatic imine (C=N–C) groups is 1. The molecule has 22 heavy (non-hydrogen) atoms. The van der Waals surface area contributed by atoms with E-state index in [-0.39, 0.29) is 40.9 Å². The fourth-order valence-corrected chi connectivity index (χ4v) is 2.39. The molecule has 0 fully saturated rings. The maximum Gasteiger partial charge on any atom is 0.191 e. The molecule has 0 aliphatic rings. The highest BCUT2D eigenvalue weighted by atomic mass is 127. The van der Waals surface area contributed by atoms with E-state index in [1.54, 1.807) is 14.2 Å². The fourth-order valence-electron chi connectivity index (χ4n) is 2.39. The van der Waals surface area contributed by atoms with Crippen molar-refractivity contribution in [2.24, 2.45) is 15.8 Å². The van der Waals surface area contributed by atoms with Gasteiger partial charge in [0.05, 0.1) is 6.10 Å². The molecule has 0 heterocycles. The van der Waals surface area contributed by atoms with Crippen LogP contribution < -0.4 is 10.6 Å². The SMILES string of the molecule is CN=C(NCC(OC)C(C)(C)C)NCC(C)(C)CN(C)C.I. The van der Waals surface area contributed by atoms with E-state index in [9.17, 15) is 0 Å². The molecule has 0 radical (unpaired) electrons. The van der Waals surface area contributed by atoms with Gasteiger partial charge in [-0.25, -0.2) is 0 Å². The second kappa shape index (κ2) is 10.6. The quantitative estimate of drug-likeness (QED) is 0.372. The molecule has 0 bridgehead atoms. The van der Waals surface area contributed by atoms with Crippen LogP contribution in [0.3, 0.4) is 0 Å². The Morgan fingerprint density at radius 2 is 1.68 bits per heavy atom. The number of halogens is 1. The van der Waals surface area contributed by atoms with Crippen molar-refractivity contribution in [2.75, 3.05) is 47.9 Å². The summed E-state index contributed by atoms with van der Waals surface area (Å²) in [5, 5.41) is 6.76. The van der Waals surface area contributed by atoms with Gasteiger partial charge in [-0.1, -0.05) is 34.6 Å². The Balaban J connectivity index is 0. The van der Waals surface area contributed by atoms with E-state index in [1.807, 2.05) is 0 Å². The van der Waals surface area contributed by atoms with Crippen molar-refractivity contribution < 1.29 is 4.74 Å². The van der Waals surface area contributed by atoms with Crippen molar-refractivity contribution in [3.05, 3.63) is 0 Å². The van der Waals surface area contributed by atoms with Gasteiger partial charge in [0.15, 0.2) is 5.96 Å². The summed E-state index contributed by atoms with van der Waals surface area (Å²) in [6.07, 6.45) is 0.144. The Morgan fingerprint density at radius 1 is 1.14 bits per heavy atom. The van der Waals surface area contributed by atoms with Crippen LogP contribution in [0.2, 0.25) is 0 Å². The Bertz CT molecular complexity index is 325. The summed E-state index contributed by atoms with van der Waals surface area (Å²) in [7, 11) is 7.75. The molecule has 0 aromatic heterocycles. The van der Waals surface area contributed by atoms with Crippen molar-refractivity contribution in [2.45, 2.75) is 40.7 Å².